The molecular weight excluding hydrogens is 348 g/mol. The average molecular weight is 370 g/mol. The van der Waals surface area contributed by atoms with Crippen LogP contribution in [0.25, 0.3) is 0 Å². The van der Waals surface area contributed by atoms with Crippen molar-refractivity contribution >= 4 is 23.5 Å². The second-order valence-electron chi connectivity index (χ2n) is 6.92. The lowest BCUT2D eigenvalue weighted by Gasteiger charge is -2.35. The summed E-state index contributed by atoms with van der Waals surface area (Å²) in [6, 6.07) is 8.33. The minimum absolute atomic E-state index is 0.108. The highest BCUT2D eigenvalue weighted by molar-refractivity contribution is 6.04. The van der Waals surface area contributed by atoms with Gasteiger partial charge in [-0.3, -0.25) is 14.4 Å². The first-order valence-electron chi connectivity index (χ1n) is 8.84. The highest BCUT2D eigenvalue weighted by atomic mass is 16.4. The van der Waals surface area contributed by atoms with E-state index in [1.165, 1.54) is 6.26 Å². The van der Waals surface area contributed by atoms with Crippen molar-refractivity contribution in [2.24, 2.45) is 11.8 Å². The molecule has 1 saturated heterocycles. The summed E-state index contributed by atoms with van der Waals surface area (Å²) in [4.78, 5) is 38.0. The first-order valence-corrected chi connectivity index (χ1v) is 8.84. The van der Waals surface area contributed by atoms with E-state index in [2.05, 4.69) is 5.32 Å². The number of anilines is 1. The zero-order valence-corrected chi connectivity index (χ0v) is 15.3. The minimum Gasteiger partial charge on any atom is -0.481 e. The third-order valence-electron chi connectivity index (χ3n) is 4.99. The van der Waals surface area contributed by atoms with Gasteiger partial charge in [-0.05, 0) is 49.1 Å². The molecule has 2 heterocycles. The lowest BCUT2D eigenvalue weighted by Crippen LogP contribution is -2.45. The molecule has 1 aliphatic rings. The van der Waals surface area contributed by atoms with Crippen LogP contribution in [0.15, 0.2) is 41.0 Å². The quantitative estimate of drug-likeness (QED) is 0.862. The van der Waals surface area contributed by atoms with Gasteiger partial charge in [0.2, 0.25) is 0 Å². The largest absolute Gasteiger partial charge is 0.481 e. The molecule has 2 N–H and O–H groups in total. The number of nitrogens with zero attached hydrogens (tertiary/aromatic N) is 1. The summed E-state index contributed by atoms with van der Waals surface area (Å²) in [5.74, 6) is -1.70. The Bertz CT molecular complexity index is 859. The van der Waals surface area contributed by atoms with Crippen molar-refractivity contribution in [3.63, 3.8) is 0 Å². The number of aryl methyl sites for hydroxylation is 1. The fourth-order valence-electron chi connectivity index (χ4n) is 3.36. The maximum Gasteiger partial charge on any atom is 0.306 e. The van der Waals surface area contributed by atoms with Crippen LogP contribution in [0.1, 0.15) is 39.8 Å². The SMILES string of the molecule is Cc1ccc(C(=O)N2CCC(C(=O)O)C(C)C2)cc1NC(=O)c1ccco1. The number of carbonyl (C=O) groups excluding carboxylic acids is 2. The molecule has 7 heteroatoms. The van der Waals surface area contributed by atoms with Crippen LogP contribution < -0.4 is 5.32 Å². The number of piperidine rings is 1. The maximum absolute atomic E-state index is 12.8. The van der Waals surface area contributed by atoms with Crippen molar-refractivity contribution < 1.29 is 23.9 Å². The van der Waals surface area contributed by atoms with Gasteiger partial charge in [0.25, 0.3) is 11.8 Å². The summed E-state index contributed by atoms with van der Waals surface area (Å²) < 4.78 is 5.09. The summed E-state index contributed by atoms with van der Waals surface area (Å²) in [5.41, 5.74) is 1.82. The smallest absolute Gasteiger partial charge is 0.306 e. The Morgan fingerprint density at radius 1 is 1.26 bits per heavy atom. The van der Waals surface area contributed by atoms with Crippen LogP contribution in [0.3, 0.4) is 0 Å². The molecule has 0 aliphatic carbocycles. The zero-order chi connectivity index (χ0) is 19.6. The zero-order valence-electron chi connectivity index (χ0n) is 15.3. The average Bonchev–Trinajstić information content (AvgIpc) is 3.17. The Morgan fingerprint density at radius 3 is 2.67 bits per heavy atom. The third kappa shape index (κ3) is 4.02. The molecular formula is C20H22N2O5. The van der Waals surface area contributed by atoms with E-state index in [1.54, 1.807) is 35.2 Å². The number of furan rings is 1. The lowest BCUT2D eigenvalue weighted by molar-refractivity contribution is -0.145. The lowest BCUT2D eigenvalue weighted by atomic mass is 9.87. The number of carboxylic acid groups (broad SMARTS) is 1. The van der Waals surface area contributed by atoms with Crippen LogP contribution in [0, 0.1) is 18.8 Å². The standard InChI is InChI=1S/C20H22N2O5/c1-12-5-6-14(10-16(12)21-18(23)17-4-3-9-27-17)19(24)22-8-7-15(20(25)26)13(2)11-22/h3-6,9-10,13,15H,7-8,11H2,1-2H3,(H,21,23)(H,25,26). The summed E-state index contributed by atoms with van der Waals surface area (Å²) >= 11 is 0. The van der Waals surface area contributed by atoms with Crippen LogP contribution in [0.2, 0.25) is 0 Å². The Hall–Kier alpha value is -3.09. The van der Waals surface area contributed by atoms with Gasteiger partial charge in [-0.2, -0.15) is 0 Å². The summed E-state index contributed by atoms with van der Waals surface area (Å²) in [7, 11) is 0. The minimum atomic E-state index is -0.812. The van der Waals surface area contributed by atoms with Gasteiger partial charge in [0, 0.05) is 24.3 Å². The highest BCUT2D eigenvalue weighted by Gasteiger charge is 2.33. The van der Waals surface area contributed by atoms with Gasteiger partial charge >= 0.3 is 5.97 Å². The van der Waals surface area contributed by atoms with E-state index >= 15 is 0 Å². The first kappa shape index (κ1) is 18.7. The van der Waals surface area contributed by atoms with Crippen molar-refractivity contribution in [3.8, 4) is 0 Å². The molecule has 0 bridgehead atoms. The molecule has 2 atom stereocenters. The summed E-state index contributed by atoms with van der Waals surface area (Å²) in [6.45, 7) is 4.49. The van der Waals surface area contributed by atoms with Gasteiger partial charge in [0.15, 0.2) is 5.76 Å². The van der Waals surface area contributed by atoms with Crippen molar-refractivity contribution in [1.29, 1.82) is 0 Å². The number of amides is 2. The van der Waals surface area contributed by atoms with E-state index in [4.69, 9.17) is 4.42 Å². The molecule has 1 aromatic heterocycles. The van der Waals surface area contributed by atoms with Crippen LogP contribution >= 0.6 is 0 Å². The number of hydrogen-bond donors (Lipinski definition) is 2. The molecule has 142 valence electrons. The molecule has 0 saturated carbocycles. The predicted octanol–water partition coefficient (Wildman–Crippen LogP) is 3.02. The fraction of sp³-hybridized carbons (Fsp3) is 0.350. The van der Waals surface area contributed by atoms with Crippen LogP contribution in [0.5, 0.6) is 0 Å². The Morgan fingerprint density at radius 2 is 2.04 bits per heavy atom. The molecule has 3 rings (SSSR count). The van der Waals surface area contributed by atoms with E-state index in [9.17, 15) is 19.5 Å². The van der Waals surface area contributed by atoms with Crippen molar-refractivity contribution in [1.82, 2.24) is 4.90 Å². The number of likely N-dealkylation sites (tertiary alicyclic amines) is 1. The highest BCUT2D eigenvalue weighted by Crippen LogP contribution is 2.26. The topological polar surface area (TPSA) is 99.9 Å². The van der Waals surface area contributed by atoms with Crippen molar-refractivity contribution in [3.05, 3.63) is 53.5 Å². The summed E-state index contributed by atoms with van der Waals surface area (Å²) in [6.07, 6.45) is 1.86. The molecule has 1 fully saturated rings. The van der Waals surface area contributed by atoms with E-state index in [-0.39, 0.29) is 23.5 Å². The van der Waals surface area contributed by atoms with Gasteiger partial charge in [-0.25, -0.2) is 0 Å². The molecule has 2 unspecified atom stereocenters. The number of carbonyl (C=O) groups is 3. The van der Waals surface area contributed by atoms with Gasteiger partial charge in [0.1, 0.15) is 0 Å². The maximum atomic E-state index is 12.8. The molecule has 7 nitrogen and oxygen atoms in total. The third-order valence-corrected chi connectivity index (χ3v) is 4.99. The Kier molecular flexibility index (Phi) is 5.30. The van der Waals surface area contributed by atoms with Crippen LogP contribution in [-0.4, -0.2) is 40.9 Å². The molecule has 1 aliphatic heterocycles. The second kappa shape index (κ2) is 7.65. The molecule has 2 aromatic rings. The molecule has 0 radical (unpaired) electrons. The number of carboxylic acids is 1. The van der Waals surface area contributed by atoms with Gasteiger partial charge in [-0.15, -0.1) is 0 Å². The number of rotatable bonds is 4. The molecule has 27 heavy (non-hydrogen) atoms. The summed E-state index contributed by atoms with van der Waals surface area (Å²) in [5, 5.41) is 12.0. The van der Waals surface area contributed by atoms with Crippen LogP contribution in [0.4, 0.5) is 5.69 Å². The molecule has 2 amide bonds. The molecule has 1 aromatic carbocycles. The van der Waals surface area contributed by atoms with Crippen molar-refractivity contribution in [2.75, 3.05) is 18.4 Å². The van der Waals surface area contributed by atoms with Crippen LogP contribution in [-0.2, 0) is 4.79 Å². The van der Waals surface area contributed by atoms with Gasteiger partial charge in [-0.1, -0.05) is 13.0 Å². The first-order chi connectivity index (χ1) is 12.9. The fourth-order valence-corrected chi connectivity index (χ4v) is 3.36. The molecule has 0 spiro atoms. The van der Waals surface area contributed by atoms with E-state index < -0.39 is 11.9 Å². The van der Waals surface area contributed by atoms with Crippen molar-refractivity contribution in [2.45, 2.75) is 20.3 Å². The number of benzene rings is 1. The Balaban J connectivity index is 1.74. The number of hydrogen-bond acceptors (Lipinski definition) is 4. The number of aliphatic carboxylic acids is 1. The second-order valence-corrected chi connectivity index (χ2v) is 6.92. The Labute approximate surface area is 157 Å². The number of nitrogens with one attached hydrogen (secondary N) is 1. The van der Waals surface area contributed by atoms with E-state index in [0.29, 0.717) is 30.8 Å². The predicted molar refractivity (Wildman–Crippen MR) is 98.7 cm³/mol. The van der Waals surface area contributed by atoms with Gasteiger partial charge < -0.3 is 19.7 Å². The monoisotopic (exact) mass is 370 g/mol. The van der Waals surface area contributed by atoms with E-state index in [1.807, 2.05) is 13.8 Å². The van der Waals surface area contributed by atoms with Gasteiger partial charge in [0.05, 0.1) is 12.2 Å². The normalized spacial score (nSPS) is 19.6. The van der Waals surface area contributed by atoms with E-state index in [0.717, 1.165) is 5.56 Å².